The number of pyridine rings is 1. The summed E-state index contributed by atoms with van der Waals surface area (Å²) in [5, 5.41) is 0. The first kappa shape index (κ1) is 13.1. The minimum Gasteiger partial charge on any atom is -0.406 e. The van der Waals surface area contributed by atoms with Gasteiger partial charge in [0.25, 0.3) is 5.56 Å². The van der Waals surface area contributed by atoms with Crippen molar-refractivity contribution in [2.75, 3.05) is 0 Å². The van der Waals surface area contributed by atoms with Crippen molar-refractivity contribution < 1.29 is 22.3 Å². The quantitative estimate of drug-likeness (QED) is 0.854. The Morgan fingerprint density at radius 2 is 1.89 bits per heavy atom. The molecule has 2 aromatic rings. The molecule has 2 rings (SSSR count). The van der Waals surface area contributed by atoms with Gasteiger partial charge in [0.2, 0.25) is 0 Å². The number of hydrogen-bond acceptors (Lipinski definition) is 2. The molecule has 0 amide bonds. The molecule has 0 fully saturated rings. The normalized spacial score (nSPS) is 11.4. The van der Waals surface area contributed by atoms with Crippen LogP contribution < -0.4 is 10.3 Å². The number of ether oxygens (including phenoxy) is 1. The van der Waals surface area contributed by atoms with E-state index in [9.17, 15) is 22.4 Å². The van der Waals surface area contributed by atoms with Crippen LogP contribution in [0.3, 0.4) is 0 Å². The molecule has 3 nitrogen and oxygen atoms in total. The van der Waals surface area contributed by atoms with Crippen molar-refractivity contribution in [1.29, 1.82) is 0 Å². The summed E-state index contributed by atoms with van der Waals surface area (Å²) < 4.78 is 53.0. The summed E-state index contributed by atoms with van der Waals surface area (Å²) in [4.78, 5) is 13.6. The molecule has 0 aliphatic rings. The first-order chi connectivity index (χ1) is 8.85. The van der Waals surface area contributed by atoms with Gasteiger partial charge < -0.3 is 9.72 Å². The van der Waals surface area contributed by atoms with Crippen LogP contribution in [0.1, 0.15) is 0 Å². The second kappa shape index (κ2) is 4.75. The minimum absolute atomic E-state index is 0.0763. The van der Waals surface area contributed by atoms with Crippen LogP contribution in [0, 0.1) is 5.82 Å². The van der Waals surface area contributed by atoms with Gasteiger partial charge in [-0.1, -0.05) is 12.1 Å². The summed E-state index contributed by atoms with van der Waals surface area (Å²) in [6.45, 7) is 0. The Morgan fingerprint density at radius 1 is 1.16 bits per heavy atom. The molecule has 1 N–H and O–H groups in total. The second-order valence-electron chi connectivity index (χ2n) is 3.64. The number of benzene rings is 1. The molecule has 1 aromatic heterocycles. The second-order valence-corrected chi connectivity index (χ2v) is 3.64. The van der Waals surface area contributed by atoms with E-state index < -0.39 is 23.5 Å². The number of aromatic nitrogens is 1. The average Bonchev–Trinajstić information content (AvgIpc) is 2.30. The summed E-state index contributed by atoms with van der Waals surface area (Å²) >= 11 is 0. The fourth-order valence-electron chi connectivity index (χ4n) is 1.53. The predicted molar refractivity (Wildman–Crippen MR) is 59.1 cm³/mol. The molecule has 0 spiro atoms. The highest BCUT2D eigenvalue weighted by Crippen LogP contribution is 2.26. The van der Waals surface area contributed by atoms with Gasteiger partial charge in [0.05, 0.1) is 0 Å². The van der Waals surface area contributed by atoms with E-state index in [1.807, 2.05) is 0 Å². The number of H-pyrrole nitrogens is 1. The summed E-state index contributed by atoms with van der Waals surface area (Å²) in [5.41, 5.74) is -0.555. The molecule has 100 valence electrons. The van der Waals surface area contributed by atoms with Crippen LogP contribution in [0.25, 0.3) is 11.1 Å². The summed E-state index contributed by atoms with van der Waals surface area (Å²) in [5.74, 6) is -1.18. The minimum atomic E-state index is -4.83. The monoisotopic (exact) mass is 273 g/mol. The zero-order chi connectivity index (χ0) is 14.0. The lowest BCUT2D eigenvalue weighted by Gasteiger charge is -2.09. The van der Waals surface area contributed by atoms with Crippen molar-refractivity contribution in [3.8, 4) is 16.9 Å². The van der Waals surface area contributed by atoms with Gasteiger partial charge in [-0.15, -0.1) is 13.2 Å². The lowest BCUT2D eigenvalue weighted by molar-refractivity contribution is -0.274. The zero-order valence-corrected chi connectivity index (χ0v) is 9.29. The number of hydrogen-bond donors (Lipinski definition) is 1. The molecule has 0 aliphatic heterocycles. The van der Waals surface area contributed by atoms with Crippen LogP contribution in [0.4, 0.5) is 17.6 Å². The van der Waals surface area contributed by atoms with Crippen molar-refractivity contribution in [2.24, 2.45) is 0 Å². The van der Waals surface area contributed by atoms with Gasteiger partial charge in [-0.2, -0.15) is 0 Å². The third-order valence-corrected chi connectivity index (χ3v) is 2.25. The van der Waals surface area contributed by atoms with Gasteiger partial charge in [0, 0.05) is 11.8 Å². The van der Waals surface area contributed by atoms with E-state index in [-0.39, 0.29) is 11.1 Å². The van der Waals surface area contributed by atoms with E-state index >= 15 is 0 Å². The van der Waals surface area contributed by atoms with Gasteiger partial charge >= 0.3 is 6.36 Å². The van der Waals surface area contributed by atoms with E-state index in [0.717, 1.165) is 24.4 Å². The van der Waals surface area contributed by atoms with E-state index in [4.69, 9.17) is 0 Å². The van der Waals surface area contributed by atoms with E-state index in [1.165, 1.54) is 12.1 Å². The zero-order valence-electron chi connectivity index (χ0n) is 9.29. The smallest absolute Gasteiger partial charge is 0.406 e. The highest BCUT2D eigenvalue weighted by molar-refractivity contribution is 5.64. The van der Waals surface area contributed by atoms with Crippen molar-refractivity contribution in [2.45, 2.75) is 6.36 Å². The summed E-state index contributed by atoms with van der Waals surface area (Å²) in [6, 6.07) is 5.70. The molecule has 1 heterocycles. The Morgan fingerprint density at radius 3 is 2.58 bits per heavy atom. The Labute approximate surface area is 104 Å². The molecule has 0 unspecified atom stereocenters. The molecule has 0 bridgehead atoms. The summed E-state index contributed by atoms with van der Waals surface area (Å²) in [6.07, 6.45) is -3.96. The van der Waals surface area contributed by atoms with Crippen LogP contribution in [0.2, 0.25) is 0 Å². The van der Waals surface area contributed by atoms with E-state index in [1.54, 1.807) is 0 Å². The number of nitrogens with one attached hydrogen (secondary N) is 1. The number of aromatic amines is 1. The van der Waals surface area contributed by atoms with Gasteiger partial charge in [-0.3, -0.25) is 4.79 Å². The van der Waals surface area contributed by atoms with Crippen LogP contribution >= 0.6 is 0 Å². The molecular formula is C12H7F4NO2. The first-order valence-corrected chi connectivity index (χ1v) is 5.09. The van der Waals surface area contributed by atoms with Crippen molar-refractivity contribution in [3.63, 3.8) is 0 Å². The lowest BCUT2D eigenvalue weighted by atomic mass is 10.1. The molecule has 0 atom stereocenters. The summed E-state index contributed by atoms with van der Waals surface area (Å²) in [7, 11) is 0. The Bertz CT molecular complexity index is 649. The predicted octanol–water partition coefficient (Wildman–Crippen LogP) is 3.08. The maximum Gasteiger partial charge on any atom is 0.573 e. The van der Waals surface area contributed by atoms with Gasteiger partial charge in [-0.05, 0) is 23.8 Å². The number of halogens is 4. The molecule has 0 saturated carbocycles. The van der Waals surface area contributed by atoms with Crippen LogP contribution in [-0.2, 0) is 0 Å². The number of rotatable bonds is 2. The number of alkyl halides is 3. The molecule has 0 radical (unpaired) electrons. The van der Waals surface area contributed by atoms with Crippen molar-refractivity contribution >= 4 is 0 Å². The van der Waals surface area contributed by atoms with Gasteiger partial charge in [0.1, 0.15) is 11.6 Å². The topological polar surface area (TPSA) is 42.1 Å². The first-order valence-electron chi connectivity index (χ1n) is 5.09. The molecule has 0 aliphatic carbocycles. The maximum absolute atomic E-state index is 13.0. The van der Waals surface area contributed by atoms with Crippen molar-refractivity contribution in [3.05, 3.63) is 52.7 Å². The Hall–Kier alpha value is -2.31. The molecule has 1 aromatic carbocycles. The molecule has 19 heavy (non-hydrogen) atoms. The molecular weight excluding hydrogens is 266 g/mol. The van der Waals surface area contributed by atoms with Gasteiger partial charge in [0.15, 0.2) is 0 Å². The molecule has 7 heteroatoms. The average molecular weight is 273 g/mol. The molecule has 0 saturated heterocycles. The van der Waals surface area contributed by atoms with Crippen molar-refractivity contribution in [1.82, 2.24) is 4.98 Å². The Kier molecular flexibility index (Phi) is 3.28. The van der Waals surface area contributed by atoms with Crippen LogP contribution in [0.5, 0.6) is 5.75 Å². The third-order valence-electron chi connectivity index (χ3n) is 2.25. The van der Waals surface area contributed by atoms with E-state index in [0.29, 0.717) is 0 Å². The Balaban J connectivity index is 2.43. The largest absolute Gasteiger partial charge is 0.573 e. The van der Waals surface area contributed by atoms with Crippen LogP contribution in [-0.4, -0.2) is 11.3 Å². The maximum atomic E-state index is 13.0. The third kappa shape index (κ3) is 3.34. The standard InChI is InChI=1S/C12H7F4NO2/c13-8-5-10(11(18)17-6-8)7-2-1-3-9(4-7)19-12(14,15)16/h1-6H,(H,17,18). The SMILES string of the molecule is O=c1[nH]cc(F)cc1-c1cccc(OC(F)(F)F)c1. The van der Waals surface area contributed by atoms with E-state index in [2.05, 4.69) is 9.72 Å². The fourth-order valence-corrected chi connectivity index (χ4v) is 1.53. The lowest BCUT2D eigenvalue weighted by Crippen LogP contribution is -2.17. The highest BCUT2D eigenvalue weighted by Gasteiger charge is 2.31. The van der Waals surface area contributed by atoms with Gasteiger partial charge in [-0.25, -0.2) is 4.39 Å². The highest BCUT2D eigenvalue weighted by atomic mass is 19.4. The van der Waals surface area contributed by atoms with Crippen LogP contribution in [0.15, 0.2) is 41.3 Å². The fraction of sp³-hybridized carbons (Fsp3) is 0.0833.